The van der Waals surface area contributed by atoms with Crippen LogP contribution in [0.15, 0.2) is 18.2 Å². The molecule has 0 unspecified atom stereocenters. The van der Waals surface area contributed by atoms with Gasteiger partial charge in [-0.1, -0.05) is 0 Å². The zero-order chi connectivity index (χ0) is 10.8. The Balaban J connectivity index is 1.90. The van der Waals surface area contributed by atoms with E-state index < -0.39 is 0 Å². The molecule has 0 saturated carbocycles. The zero-order valence-corrected chi connectivity index (χ0v) is 8.42. The molecule has 1 fully saturated rings. The fraction of sp³-hybridized carbons (Fsp3) is 0.455. The van der Waals surface area contributed by atoms with Gasteiger partial charge < -0.3 is 5.73 Å². The minimum absolute atomic E-state index is 0.252. The van der Waals surface area contributed by atoms with E-state index in [4.69, 9.17) is 5.73 Å². The first-order valence-corrected chi connectivity index (χ1v) is 5.07. The first kappa shape index (κ1) is 10.5. The summed E-state index contributed by atoms with van der Waals surface area (Å²) in [5.41, 5.74) is 6.06. The van der Waals surface area contributed by atoms with Crippen molar-refractivity contribution in [3.05, 3.63) is 35.4 Å². The average molecular weight is 212 g/mol. The summed E-state index contributed by atoms with van der Waals surface area (Å²) in [7, 11) is 0. The topological polar surface area (TPSA) is 29.3 Å². The molecule has 1 aliphatic rings. The van der Waals surface area contributed by atoms with Gasteiger partial charge in [0, 0.05) is 25.7 Å². The molecule has 0 amide bonds. The quantitative estimate of drug-likeness (QED) is 0.814. The summed E-state index contributed by atoms with van der Waals surface area (Å²) in [5.74, 6) is -0.715. The van der Waals surface area contributed by atoms with Gasteiger partial charge in [-0.25, -0.2) is 8.78 Å². The van der Waals surface area contributed by atoms with Gasteiger partial charge in [-0.2, -0.15) is 0 Å². The maximum Gasteiger partial charge on any atom is 0.126 e. The molecule has 2 nitrogen and oxygen atoms in total. The molecule has 0 aromatic heterocycles. The van der Waals surface area contributed by atoms with Crippen LogP contribution in [0.4, 0.5) is 8.78 Å². The van der Waals surface area contributed by atoms with Crippen molar-refractivity contribution in [3.8, 4) is 0 Å². The van der Waals surface area contributed by atoms with E-state index in [9.17, 15) is 8.78 Å². The van der Waals surface area contributed by atoms with E-state index in [-0.39, 0.29) is 17.7 Å². The van der Waals surface area contributed by atoms with Crippen molar-refractivity contribution in [2.45, 2.75) is 12.5 Å². The molecule has 0 spiro atoms. The van der Waals surface area contributed by atoms with Crippen molar-refractivity contribution in [2.24, 2.45) is 5.73 Å². The van der Waals surface area contributed by atoms with Crippen LogP contribution in [-0.4, -0.2) is 30.6 Å². The standard InChI is InChI=1S/C11H14F2N2/c12-9-1-2-11(13)8(5-9)3-4-15-6-10(14)7-15/h1-2,5,10H,3-4,6-7,14H2. The SMILES string of the molecule is NC1CN(CCc2cc(F)ccc2F)C1. The molecule has 2 rings (SSSR count). The number of hydrogen-bond acceptors (Lipinski definition) is 2. The summed E-state index contributed by atoms with van der Waals surface area (Å²) >= 11 is 0. The molecule has 0 bridgehead atoms. The van der Waals surface area contributed by atoms with E-state index in [1.165, 1.54) is 12.1 Å². The smallest absolute Gasteiger partial charge is 0.126 e. The van der Waals surface area contributed by atoms with Gasteiger partial charge in [-0.15, -0.1) is 0 Å². The number of rotatable bonds is 3. The predicted molar refractivity (Wildman–Crippen MR) is 54.5 cm³/mol. The predicted octanol–water partition coefficient (Wildman–Crippen LogP) is 1.15. The Morgan fingerprint density at radius 2 is 2.07 bits per heavy atom. The molecule has 4 heteroatoms. The highest BCUT2D eigenvalue weighted by atomic mass is 19.1. The van der Waals surface area contributed by atoms with E-state index in [1.807, 2.05) is 0 Å². The van der Waals surface area contributed by atoms with Crippen molar-refractivity contribution in [1.82, 2.24) is 4.90 Å². The van der Waals surface area contributed by atoms with Gasteiger partial charge in [0.1, 0.15) is 11.6 Å². The fourth-order valence-corrected chi connectivity index (χ4v) is 1.81. The van der Waals surface area contributed by atoms with Gasteiger partial charge in [-0.3, -0.25) is 4.90 Å². The summed E-state index contributed by atoms with van der Waals surface area (Å²) in [6, 6.07) is 3.82. The number of hydrogen-bond donors (Lipinski definition) is 1. The van der Waals surface area contributed by atoms with Gasteiger partial charge >= 0.3 is 0 Å². The molecule has 0 aliphatic carbocycles. The first-order chi connectivity index (χ1) is 7.15. The molecular formula is C11H14F2N2. The van der Waals surface area contributed by atoms with Gasteiger partial charge in [0.2, 0.25) is 0 Å². The molecule has 2 N–H and O–H groups in total. The summed E-state index contributed by atoms with van der Waals surface area (Å²) < 4.78 is 26.0. The molecule has 0 atom stereocenters. The normalized spacial score (nSPS) is 17.8. The third-order valence-corrected chi connectivity index (χ3v) is 2.69. The summed E-state index contributed by atoms with van der Waals surface area (Å²) in [6.45, 7) is 2.46. The number of benzene rings is 1. The van der Waals surface area contributed by atoms with Crippen molar-refractivity contribution < 1.29 is 8.78 Å². The van der Waals surface area contributed by atoms with E-state index in [0.717, 1.165) is 25.7 Å². The zero-order valence-electron chi connectivity index (χ0n) is 8.42. The molecule has 1 heterocycles. The molecule has 82 valence electrons. The highest BCUT2D eigenvalue weighted by Crippen LogP contribution is 2.12. The highest BCUT2D eigenvalue weighted by molar-refractivity contribution is 5.19. The van der Waals surface area contributed by atoms with Crippen LogP contribution < -0.4 is 5.73 Å². The Morgan fingerprint density at radius 3 is 2.73 bits per heavy atom. The monoisotopic (exact) mass is 212 g/mol. The van der Waals surface area contributed by atoms with Gasteiger partial charge in [0.05, 0.1) is 0 Å². The Labute approximate surface area is 87.7 Å². The Kier molecular flexibility index (Phi) is 2.98. The maximum absolute atomic E-state index is 13.2. The average Bonchev–Trinajstić information content (AvgIpc) is 2.16. The van der Waals surface area contributed by atoms with Crippen LogP contribution in [-0.2, 0) is 6.42 Å². The molecule has 0 radical (unpaired) electrons. The molecule has 15 heavy (non-hydrogen) atoms. The van der Waals surface area contributed by atoms with Crippen LogP contribution in [0.1, 0.15) is 5.56 Å². The lowest BCUT2D eigenvalue weighted by molar-refractivity contribution is 0.152. The minimum Gasteiger partial charge on any atom is -0.325 e. The van der Waals surface area contributed by atoms with E-state index >= 15 is 0 Å². The van der Waals surface area contributed by atoms with Gasteiger partial charge in [-0.05, 0) is 30.2 Å². The second-order valence-electron chi connectivity index (χ2n) is 4.01. The fourth-order valence-electron chi connectivity index (χ4n) is 1.81. The highest BCUT2D eigenvalue weighted by Gasteiger charge is 2.22. The number of halogens is 2. The van der Waals surface area contributed by atoms with E-state index in [2.05, 4.69) is 4.90 Å². The van der Waals surface area contributed by atoms with E-state index in [0.29, 0.717) is 12.0 Å². The van der Waals surface area contributed by atoms with Crippen LogP contribution in [0.5, 0.6) is 0 Å². The van der Waals surface area contributed by atoms with Crippen LogP contribution >= 0.6 is 0 Å². The van der Waals surface area contributed by atoms with Crippen molar-refractivity contribution in [3.63, 3.8) is 0 Å². The minimum atomic E-state index is -0.383. The first-order valence-electron chi connectivity index (χ1n) is 5.07. The molecule has 1 aromatic rings. The number of likely N-dealkylation sites (tertiary alicyclic amines) is 1. The van der Waals surface area contributed by atoms with Crippen LogP contribution in [0.3, 0.4) is 0 Å². The Bertz CT molecular complexity index is 348. The lowest BCUT2D eigenvalue weighted by Gasteiger charge is -2.36. The Morgan fingerprint density at radius 1 is 1.33 bits per heavy atom. The van der Waals surface area contributed by atoms with E-state index in [1.54, 1.807) is 0 Å². The van der Waals surface area contributed by atoms with Crippen molar-refractivity contribution in [1.29, 1.82) is 0 Å². The summed E-state index contributed by atoms with van der Waals surface area (Å²) in [6.07, 6.45) is 0.538. The summed E-state index contributed by atoms with van der Waals surface area (Å²) in [5, 5.41) is 0. The molecule has 1 aliphatic heterocycles. The molecular weight excluding hydrogens is 198 g/mol. The lowest BCUT2D eigenvalue weighted by atomic mass is 10.1. The summed E-state index contributed by atoms with van der Waals surface area (Å²) in [4.78, 5) is 2.13. The van der Waals surface area contributed by atoms with Gasteiger partial charge in [0.15, 0.2) is 0 Å². The molecule has 1 aromatic carbocycles. The van der Waals surface area contributed by atoms with Gasteiger partial charge in [0.25, 0.3) is 0 Å². The number of nitrogens with zero attached hydrogens (tertiary/aromatic N) is 1. The van der Waals surface area contributed by atoms with Crippen LogP contribution in [0.25, 0.3) is 0 Å². The lowest BCUT2D eigenvalue weighted by Crippen LogP contribution is -2.55. The maximum atomic E-state index is 13.2. The third kappa shape index (κ3) is 2.52. The van der Waals surface area contributed by atoms with Crippen LogP contribution in [0, 0.1) is 11.6 Å². The van der Waals surface area contributed by atoms with Crippen molar-refractivity contribution >= 4 is 0 Å². The second-order valence-corrected chi connectivity index (χ2v) is 4.01. The third-order valence-electron chi connectivity index (χ3n) is 2.69. The largest absolute Gasteiger partial charge is 0.325 e. The Hall–Kier alpha value is -1.00. The number of nitrogens with two attached hydrogens (primary N) is 1. The second kappa shape index (κ2) is 4.24. The van der Waals surface area contributed by atoms with Crippen LogP contribution in [0.2, 0.25) is 0 Å². The van der Waals surface area contributed by atoms with Crippen molar-refractivity contribution in [2.75, 3.05) is 19.6 Å². The molecule has 1 saturated heterocycles.